The van der Waals surface area contributed by atoms with Gasteiger partial charge in [-0.05, 0) is 38.8 Å². The Labute approximate surface area is 126 Å². The van der Waals surface area contributed by atoms with Crippen LogP contribution in [0.3, 0.4) is 0 Å². The van der Waals surface area contributed by atoms with Crippen LogP contribution in [0.1, 0.15) is 37.8 Å². The number of aliphatic hydroxyl groups is 1. The number of amides is 1. The van der Waals surface area contributed by atoms with E-state index in [2.05, 4.69) is 19.1 Å². The zero-order chi connectivity index (χ0) is 15.6. The normalized spacial score (nSPS) is 22.4. The maximum absolute atomic E-state index is 12.2. The first-order chi connectivity index (χ1) is 9.81. The second-order valence-electron chi connectivity index (χ2n) is 6.79. The van der Waals surface area contributed by atoms with E-state index in [4.69, 9.17) is 4.74 Å². The molecule has 1 saturated heterocycles. The quantitative estimate of drug-likeness (QED) is 0.911. The lowest BCUT2D eigenvalue weighted by atomic mass is 9.87. The third kappa shape index (κ3) is 3.76. The number of rotatable bonds is 2. The van der Waals surface area contributed by atoms with E-state index in [1.165, 1.54) is 11.1 Å². The molecule has 0 aromatic heterocycles. The van der Waals surface area contributed by atoms with Crippen molar-refractivity contribution in [2.75, 3.05) is 19.7 Å². The van der Waals surface area contributed by atoms with E-state index in [1.807, 2.05) is 32.9 Å². The van der Waals surface area contributed by atoms with Gasteiger partial charge in [-0.3, -0.25) is 0 Å². The Morgan fingerprint density at radius 2 is 2.00 bits per heavy atom. The van der Waals surface area contributed by atoms with Crippen molar-refractivity contribution in [3.63, 3.8) is 0 Å². The number of carbonyl (C=O) groups excluding carboxylic acids is 1. The first-order valence-electron chi connectivity index (χ1n) is 7.46. The monoisotopic (exact) mass is 291 g/mol. The molecule has 0 radical (unpaired) electrons. The number of aryl methyl sites for hydroxylation is 1. The van der Waals surface area contributed by atoms with Crippen LogP contribution in [-0.4, -0.2) is 41.4 Å². The molecular weight excluding hydrogens is 266 g/mol. The molecule has 1 N–H and O–H groups in total. The van der Waals surface area contributed by atoms with Crippen molar-refractivity contribution < 1.29 is 14.6 Å². The van der Waals surface area contributed by atoms with Crippen LogP contribution >= 0.6 is 0 Å². The summed E-state index contributed by atoms with van der Waals surface area (Å²) in [5, 5.41) is 9.64. The van der Waals surface area contributed by atoms with Gasteiger partial charge in [0.1, 0.15) is 5.60 Å². The average molecular weight is 291 g/mol. The molecular formula is C17H25NO3. The lowest BCUT2D eigenvalue weighted by Gasteiger charge is -2.24. The SMILES string of the molecule is Cc1ccccc1[C@@H]1CN(C(=O)OC(C)(C)C)CC1CO. The van der Waals surface area contributed by atoms with E-state index in [1.54, 1.807) is 4.90 Å². The molecule has 0 bridgehead atoms. The molecule has 21 heavy (non-hydrogen) atoms. The summed E-state index contributed by atoms with van der Waals surface area (Å²) in [5.74, 6) is 0.238. The van der Waals surface area contributed by atoms with Crippen molar-refractivity contribution in [1.29, 1.82) is 0 Å². The molecule has 1 unspecified atom stereocenters. The predicted molar refractivity (Wildman–Crippen MR) is 82.3 cm³/mol. The van der Waals surface area contributed by atoms with Crippen LogP contribution < -0.4 is 0 Å². The van der Waals surface area contributed by atoms with Crippen LogP contribution in [0.2, 0.25) is 0 Å². The van der Waals surface area contributed by atoms with Gasteiger partial charge >= 0.3 is 6.09 Å². The highest BCUT2D eigenvalue weighted by molar-refractivity contribution is 5.68. The van der Waals surface area contributed by atoms with E-state index in [9.17, 15) is 9.90 Å². The molecule has 1 aliphatic rings. The zero-order valence-corrected chi connectivity index (χ0v) is 13.3. The smallest absolute Gasteiger partial charge is 0.410 e. The van der Waals surface area contributed by atoms with Crippen molar-refractivity contribution in [2.24, 2.45) is 5.92 Å². The molecule has 2 rings (SSSR count). The number of aliphatic hydroxyl groups excluding tert-OH is 1. The van der Waals surface area contributed by atoms with Crippen LogP contribution in [0.15, 0.2) is 24.3 Å². The number of hydrogen-bond donors (Lipinski definition) is 1. The molecule has 0 spiro atoms. The summed E-state index contributed by atoms with van der Waals surface area (Å²) in [6.45, 7) is 8.89. The Morgan fingerprint density at radius 1 is 1.33 bits per heavy atom. The summed E-state index contributed by atoms with van der Waals surface area (Å²) < 4.78 is 5.43. The van der Waals surface area contributed by atoms with Crippen LogP contribution in [0.4, 0.5) is 4.79 Å². The summed E-state index contributed by atoms with van der Waals surface area (Å²) in [6, 6.07) is 8.17. The second kappa shape index (κ2) is 6.06. The third-order valence-corrected chi connectivity index (χ3v) is 3.92. The molecule has 4 heteroatoms. The van der Waals surface area contributed by atoms with Crippen LogP contribution in [0, 0.1) is 12.8 Å². The summed E-state index contributed by atoms with van der Waals surface area (Å²) in [5.41, 5.74) is 1.92. The third-order valence-electron chi connectivity index (χ3n) is 3.92. The predicted octanol–water partition coefficient (Wildman–Crippen LogP) is 2.94. The van der Waals surface area contributed by atoms with Gasteiger partial charge in [0.05, 0.1) is 0 Å². The second-order valence-corrected chi connectivity index (χ2v) is 6.79. The van der Waals surface area contributed by atoms with Gasteiger partial charge in [-0.25, -0.2) is 4.79 Å². The summed E-state index contributed by atoms with van der Waals surface area (Å²) in [6.07, 6.45) is -0.294. The average Bonchev–Trinajstić information content (AvgIpc) is 2.81. The minimum Gasteiger partial charge on any atom is -0.444 e. The van der Waals surface area contributed by atoms with E-state index >= 15 is 0 Å². The standard InChI is InChI=1S/C17H25NO3/c1-12-7-5-6-8-14(12)15-10-18(9-13(15)11-19)16(20)21-17(2,3)4/h5-8,13,15,19H,9-11H2,1-4H3/t13?,15-/m1/s1. The summed E-state index contributed by atoms with van der Waals surface area (Å²) in [7, 11) is 0. The van der Waals surface area contributed by atoms with Gasteiger partial charge in [-0.1, -0.05) is 24.3 Å². The van der Waals surface area contributed by atoms with E-state index < -0.39 is 5.60 Å². The highest BCUT2D eigenvalue weighted by atomic mass is 16.6. The summed E-state index contributed by atoms with van der Waals surface area (Å²) >= 11 is 0. The zero-order valence-electron chi connectivity index (χ0n) is 13.3. The lowest BCUT2D eigenvalue weighted by molar-refractivity contribution is 0.0283. The highest BCUT2D eigenvalue weighted by Crippen LogP contribution is 2.34. The van der Waals surface area contributed by atoms with Crippen molar-refractivity contribution in [1.82, 2.24) is 4.90 Å². The lowest BCUT2D eigenvalue weighted by Crippen LogP contribution is -2.35. The van der Waals surface area contributed by atoms with E-state index in [-0.39, 0.29) is 24.5 Å². The fourth-order valence-electron chi connectivity index (χ4n) is 2.89. The molecule has 1 aromatic carbocycles. The number of benzene rings is 1. The van der Waals surface area contributed by atoms with Crippen molar-refractivity contribution in [3.05, 3.63) is 35.4 Å². The molecule has 2 atom stereocenters. The van der Waals surface area contributed by atoms with Gasteiger partial charge in [-0.15, -0.1) is 0 Å². The van der Waals surface area contributed by atoms with Gasteiger partial charge in [0.2, 0.25) is 0 Å². The highest BCUT2D eigenvalue weighted by Gasteiger charge is 2.37. The maximum Gasteiger partial charge on any atom is 0.410 e. The maximum atomic E-state index is 12.2. The van der Waals surface area contributed by atoms with Crippen molar-refractivity contribution in [3.8, 4) is 0 Å². The number of likely N-dealkylation sites (tertiary alicyclic amines) is 1. The molecule has 1 aromatic rings. The number of ether oxygens (including phenoxy) is 1. The summed E-state index contributed by atoms with van der Waals surface area (Å²) in [4.78, 5) is 13.9. The van der Waals surface area contributed by atoms with Gasteiger partial charge in [0, 0.05) is 31.5 Å². The molecule has 0 saturated carbocycles. The van der Waals surface area contributed by atoms with Gasteiger partial charge in [0.15, 0.2) is 0 Å². The van der Waals surface area contributed by atoms with Crippen LogP contribution in [0.25, 0.3) is 0 Å². The Bertz CT molecular complexity index is 507. The van der Waals surface area contributed by atoms with Gasteiger partial charge < -0.3 is 14.7 Å². The van der Waals surface area contributed by atoms with Crippen LogP contribution in [-0.2, 0) is 4.74 Å². The Kier molecular flexibility index (Phi) is 4.57. The molecule has 0 aliphatic carbocycles. The largest absolute Gasteiger partial charge is 0.444 e. The first-order valence-corrected chi connectivity index (χ1v) is 7.46. The van der Waals surface area contributed by atoms with E-state index in [0.717, 1.165) is 0 Å². The Balaban J connectivity index is 2.15. The Hall–Kier alpha value is -1.55. The molecule has 1 heterocycles. The van der Waals surface area contributed by atoms with Crippen molar-refractivity contribution in [2.45, 2.75) is 39.2 Å². The molecule has 116 valence electrons. The van der Waals surface area contributed by atoms with Crippen molar-refractivity contribution >= 4 is 6.09 Å². The Morgan fingerprint density at radius 3 is 2.57 bits per heavy atom. The number of nitrogens with zero attached hydrogens (tertiary/aromatic N) is 1. The number of hydrogen-bond acceptors (Lipinski definition) is 3. The molecule has 4 nitrogen and oxygen atoms in total. The molecule has 1 aliphatic heterocycles. The minimum atomic E-state index is -0.494. The first kappa shape index (κ1) is 15.8. The fraction of sp³-hybridized carbons (Fsp3) is 0.588. The van der Waals surface area contributed by atoms with Gasteiger partial charge in [-0.2, -0.15) is 0 Å². The number of carbonyl (C=O) groups is 1. The molecule has 1 amide bonds. The van der Waals surface area contributed by atoms with E-state index in [0.29, 0.717) is 13.1 Å². The van der Waals surface area contributed by atoms with Gasteiger partial charge in [0.25, 0.3) is 0 Å². The fourth-order valence-corrected chi connectivity index (χ4v) is 2.89. The molecule has 1 fully saturated rings. The minimum absolute atomic E-state index is 0.0682. The van der Waals surface area contributed by atoms with Crippen LogP contribution in [0.5, 0.6) is 0 Å². The topological polar surface area (TPSA) is 49.8 Å².